The van der Waals surface area contributed by atoms with E-state index in [9.17, 15) is 0 Å². The average Bonchev–Trinajstić information content (AvgIpc) is 1.61. The predicted molar refractivity (Wildman–Crippen MR) is 47.2 cm³/mol. The second kappa shape index (κ2) is 6.26. The van der Waals surface area contributed by atoms with Crippen LogP contribution in [0.4, 0.5) is 0 Å². The third-order valence-electron chi connectivity index (χ3n) is 0.805. The quantitative estimate of drug-likeness (QED) is 0.628. The minimum absolute atomic E-state index is 0. The second-order valence-electron chi connectivity index (χ2n) is 2.02. The van der Waals surface area contributed by atoms with E-state index in [1.807, 2.05) is 14.1 Å². The van der Waals surface area contributed by atoms with E-state index in [-0.39, 0.29) is 12.4 Å². The summed E-state index contributed by atoms with van der Waals surface area (Å²) in [4.78, 5) is 2.65. The van der Waals surface area contributed by atoms with Gasteiger partial charge in [0.25, 0.3) is 0 Å². The summed E-state index contributed by atoms with van der Waals surface area (Å²) in [5.41, 5.74) is 5.25. The Bertz CT molecular complexity index is 85.0. The van der Waals surface area contributed by atoms with Crippen molar-refractivity contribution >= 4 is 29.6 Å². The van der Waals surface area contributed by atoms with Crippen LogP contribution in [0.25, 0.3) is 0 Å². The van der Waals surface area contributed by atoms with Crippen molar-refractivity contribution in [1.82, 2.24) is 4.90 Å². The van der Waals surface area contributed by atoms with Crippen molar-refractivity contribution in [1.29, 1.82) is 0 Å². The largest absolute Gasteiger partial charge is 0.393 e. The lowest BCUT2D eigenvalue weighted by atomic mass is 10.4. The Morgan fingerprint density at radius 3 is 2.11 bits per heavy atom. The first-order chi connectivity index (χ1) is 3.63. The molecular formula is C5H13ClN2S. The van der Waals surface area contributed by atoms with Crippen molar-refractivity contribution in [2.75, 3.05) is 20.6 Å². The molecule has 0 unspecified atom stereocenters. The van der Waals surface area contributed by atoms with E-state index >= 15 is 0 Å². The van der Waals surface area contributed by atoms with Gasteiger partial charge in [-0.3, -0.25) is 0 Å². The number of hydrogen-bond donors (Lipinski definition) is 1. The van der Waals surface area contributed by atoms with Gasteiger partial charge >= 0.3 is 0 Å². The van der Waals surface area contributed by atoms with Crippen LogP contribution in [0.1, 0.15) is 6.42 Å². The molecule has 0 heterocycles. The van der Waals surface area contributed by atoms with Gasteiger partial charge in [-0.1, -0.05) is 12.2 Å². The molecule has 56 valence electrons. The first-order valence-electron chi connectivity index (χ1n) is 2.56. The van der Waals surface area contributed by atoms with Gasteiger partial charge in [0.1, 0.15) is 0 Å². The fraction of sp³-hybridized carbons (Fsp3) is 0.800. The third kappa shape index (κ3) is 11.6. The molecule has 0 spiro atoms. The van der Waals surface area contributed by atoms with E-state index in [0.717, 1.165) is 13.0 Å². The summed E-state index contributed by atoms with van der Waals surface area (Å²) in [6.45, 7) is 0.954. The Hall–Kier alpha value is 0.140. The summed E-state index contributed by atoms with van der Waals surface area (Å²) in [6.07, 6.45) is 0.822. The second-order valence-corrected chi connectivity index (χ2v) is 2.54. The van der Waals surface area contributed by atoms with E-state index in [1.165, 1.54) is 0 Å². The van der Waals surface area contributed by atoms with Crippen molar-refractivity contribution in [2.45, 2.75) is 6.42 Å². The summed E-state index contributed by atoms with van der Waals surface area (Å²) in [5, 5.41) is 0. The van der Waals surface area contributed by atoms with Gasteiger partial charge in [0.15, 0.2) is 0 Å². The molecule has 2 N–H and O–H groups in total. The first-order valence-corrected chi connectivity index (χ1v) is 2.97. The zero-order valence-corrected chi connectivity index (χ0v) is 7.39. The number of halogens is 1. The normalized spacial score (nSPS) is 8.78. The molecule has 0 aromatic carbocycles. The summed E-state index contributed by atoms with van der Waals surface area (Å²) in [7, 11) is 4.00. The molecule has 0 aromatic heterocycles. The van der Waals surface area contributed by atoms with E-state index in [1.54, 1.807) is 0 Å². The van der Waals surface area contributed by atoms with Gasteiger partial charge < -0.3 is 10.6 Å². The molecule has 9 heavy (non-hydrogen) atoms. The Morgan fingerprint density at radius 1 is 1.56 bits per heavy atom. The summed E-state index contributed by atoms with van der Waals surface area (Å²) in [5.74, 6) is 0. The van der Waals surface area contributed by atoms with Crippen LogP contribution in [0, 0.1) is 0 Å². The van der Waals surface area contributed by atoms with Gasteiger partial charge in [-0.2, -0.15) is 0 Å². The molecule has 0 rings (SSSR count). The highest BCUT2D eigenvalue weighted by atomic mass is 35.5. The molecule has 0 bridgehead atoms. The zero-order chi connectivity index (χ0) is 6.57. The van der Waals surface area contributed by atoms with Crippen molar-refractivity contribution in [3.05, 3.63) is 0 Å². The van der Waals surface area contributed by atoms with Crippen molar-refractivity contribution < 1.29 is 0 Å². The highest BCUT2D eigenvalue weighted by Crippen LogP contribution is 1.81. The molecule has 0 atom stereocenters. The molecule has 4 heteroatoms. The molecule has 0 aliphatic heterocycles. The fourth-order valence-electron chi connectivity index (χ4n) is 0.334. The zero-order valence-electron chi connectivity index (χ0n) is 5.76. The molecule has 0 aromatic rings. The molecule has 0 fully saturated rings. The number of hydrogen-bond acceptors (Lipinski definition) is 2. The highest BCUT2D eigenvalue weighted by Gasteiger charge is 1.89. The van der Waals surface area contributed by atoms with Crippen LogP contribution in [0.2, 0.25) is 0 Å². The van der Waals surface area contributed by atoms with Gasteiger partial charge in [0.05, 0.1) is 4.99 Å². The van der Waals surface area contributed by atoms with Crippen molar-refractivity contribution in [3.8, 4) is 0 Å². The van der Waals surface area contributed by atoms with Gasteiger partial charge in [-0.15, -0.1) is 12.4 Å². The van der Waals surface area contributed by atoms with Gasteiger partial charge in [0.2, 0.25) is 0 Å². The minimum atomic E-state index is 0. The van der Waals surface area contributed by atoms with E-state index in [4.69, 9.17) is 5.73 Å². The smallest absolute Gasteiger partial charge is 0.0740 e. The molecule has 0 aliphatic rings. The third-order valence-corrected chi connectivity index (χ3v) is 1.01. The van der Waals surface area contributed by atoms with E-state index in [2.05, 4.69) is 17.1 Å². The Balaban J connectivity index is 0. The maximum absolute atomic E-state index is 5.25. The van der Waals surface area contributed by atoms with Crippen LogP contribution >= 0.6 is 24.6 Å². The summed E-state index contributed by atoms with van der Waals surface area (Å²) < 4.78 is 0. The lowest BCUT2D eigenvalue weighted by molar-refractivity contribution is 0.422. The van der Waals surface area contributed by atoms with Crippen LogP contribution < -0.4 is 5.73 Å². The maximum atomic E-state index is 5.25. The standard InChI is InChI=1S/C5H12N2S.ClH/c1-7(2)4-3-5(6)8;/h3-4H2,1-2H3,(H2,6,8);1H. The van der Waals surface area contributed by atoms with Crippen molar-refractivity contribution in [2.24, 2.45) is 5.73 Å². The Labute approximate surface area is 67.8 Å². The Morgan fingerprint density at radius 2 is 2.00 bits per heavy atom. The van der Waals surface area contributed by atoms with Crippen LogP contribution in [0.5, 0.6) is 0 Å². The van der Waals surface area contributed by atoms with Gasteiger partial charge in [-0.25, -0.2) is 0 Å². The molecule has 0 amide bonds. The predicted octanol–water partition coefficient (Wildman–Crippen LogP) is 0.646. The number of rotatable bonds is 3. The topological polar surface area (TPSA) is 29.3 Å². The van der Waals surface area contributed by atoms with Gasteiger partial charge in [-0.05, 0) is 14.1 Å². The number of nitrogens with two attached hydrogens (primary N) is 1. The molecule has 0 aliphatic carbocycles. The molecular weight excluding hydrogens is 156 g/mol. The van der Waals surface area contributed by atoms with Gasteiger partial charge in [0, 0.05) is 13.0 Å². The summed E-state index contributed by atoms with van der Waals surface area (Å²) >= 11 is 4.67. The number of nitrogens with zero attached hydrogens (tertiary/aromatic N) is 1. The van der Waals surface area contributed by atoms with Crippen molar-refractivity contribution in [3.63, 3.8) is 0 Å². The van der Waals surface area contributed by atoms with E-state index < -0.39 is 0 Å². The summed E-state index contributed by atoms with van der Waals surface area (Å²) in [6, 6.07) is 0. The van der Waals surface area contributed by atoms with Crippen LogP contribution in [-0.4, -0.2) is 30.5 Å². The first kappa shape index (κ1) is 11.9. The lowest BCUT2D eigenvalue weighted by Crippen LogP contribution is -2.19. The minimum Gasteiger partial charge on any atom is -0.393 e. The Kier molecular flexibility index (Phi) is 8.27. The van der Waals surface area contributed by atoms with Crippen LogP contribution in [-0.2, 0) is 0 Å². The molecule has 0 saturated carbocycles. The highest BCUT2D eigenvalue weighted by molar-refractivity contribution is 7.80. The van der Waals surface area contributed by atoms with Crippen LogP contribution in [0.15, 0.2) is 0 Å². The molecule has 0 radical (unpaired) electrons. The average molecular weight is 169 g/mol. The maximum Gasteiger partial charge on any atom is 0.0740 e. The number of thiocarbonyl (C=S) groups is 1. The van der Waals surface area contributed by atoms with E-state index in [0.29, 0.717) is 4.99 Å². The SMILES string of the molecule is CN(C)CCC(N)=S.Cl. The fourth-order valence-corrected chi connectivity index (χ4v) is 0.425. The monoisotopic (exact) mass is 168 g/mol. The van der Waals surface area contributed by atoms with Crippen LogP contribution in [0.3, 0.4) is 0 Å². The lowest BCUT2D eigenvalue weighted by Gasteiger charge is -2.06. The molecule has 0 saturated heterocycles. The molecule has 2 nitrogen and oxygen atoms in total.